The maximum absolute atomic E-state index is 11.3. The van der Waals surface area contributed by atoms with E-state index in [0.29, 0.717) is 50.4 Å². The fourth-order valence-corrected chi connectivity index (χ4v) is 4.86. The molecule has 0 atom stereocenters. The molecule has 0 aliphatic carbocycles. The number of benzene rings is 3. The minimum absolute atomic E-state index is 0.0418. The van der Waals surface area contributed by atoms with Crippen LogP contribution in [0.25, 0.3) is 11.1 Å². The van der Waals surface area contributed by atoms with Crippen molar-refractivity contribution in [1.29, 1.82) is 0 Å². The van der Waals surface area contributed by atoms with E-state index in [-0.39, 0.29) is 18.4 Å². The van der Waals surface area contributed by atoms with Crippen molar-refractivity contribution in [3.8, 4) is 22.6 Å². The van der Waals surface area contributed by atoms with E-state index < -0.39 is 11.4 Å². The molecule has 7 nitrogen and oxygen atoms in total. The number of halogens is 1. The van der Waals surface area contributed by atoms with Crippen LogP contribution in [0.4, 0.5) is 0 Å². The molecule has 0 saturated carbocycles. The molecule has 0 spiro atoms. The van der Waals surface area contributed by atoms with Gasteiger partial charge in [-0.1, -0.05) is 54.1 Å². The van der Waals surface area contributed by atoms with Crippen molar-refractivity contribution in [2.24, 2.45) is 5.41 Å². The highest BCUT2D eigenvalue weighted by Crippen LogP contribution is 2.37. The third-order valence-electron chi connectivity index (χ3n) is 7.05. The maximum atomic E-state index is 11.3. The summed E-state index contributed by atoms with van der Waals surface area (Å²) in [6.07, 6.45) is 0.0428. The van der Waals surface area contributed by atoms with Gasteiger partial charge in [0.25, 0.3) is 0 Å². The lowest BCUT2D eigenvalue weighted by atomic mass is 9.76. The van der Waals surface area contributed by atoms with Crippen LogP contribution in [0.15, 0.2) is 66.7 Å². The monoisotopic (exact) mass is 524 g/mol. The Morgan fingerprint density at radius 2 is 1.54 bits per heavy atom. The number of aliphatic carboxylic acids is 1. The standard InChI is InChI=1S/C29H29ClO7/c30-27-21(13-36-23-10-6-22(7-11-23)29(12-26(32)33)18-35-19-29)2-1-3-25(27)20-4-8-24(9-5-20)37-17-28(14-31)15-34-16-28/h1-11,31H,12-19H2,(H,32,33). The van der Waals surface area contributed by atoms with Gasteiger partial charge in [0.05, 0.1) is 55.3 Å². The molecule has 0 bridgehead atoms. The highest BCUT2D eigenvalue weighted by molar-refractivity contribution is 6.34. The van der Waals surface area contributed by atoms with Crippen molar-refractivity contribution in [2.45, 2.75) is 18.4 Å². The van der Waals surface area contributed by atoms with Crippen molar-refractivity contribution in [3.63, 3.8) is 0 Å². The van der Waals surface area contributed by atoms with Gasteiger partial charge in [0.1, 0.15) is 24.7 Å². The number of aliphatic hydroxyl groups is 1. The van der Waals surface area contributed by atoms with Gasteiger partial charge in [0.2, 0.25) is 0 Å². The maximum Gasteiger partial charge on any atom is 0.304 e. The van der Waals surface area contributed by atoms with E-state index >= 15 is 0 Å². The zero-order valence-corrected chi connectivity index (χ0v) is 21.1. The van der Waals surface area contributed by atoms with Crippen LogP contribution in [0.1, 0.15) is 17.5 Å². The highest BCUT2D eigenvalue weighted by atomic mass is 35.5. The third kappa shape index (κ3) is 5.45. The average Bonchev–Trinajstić information content (AvgIpc) is 2.86. The van der Waals surface area contributed by atoms with E-state index in [1.54, 1.807) is 0 Å². The van der Waals surface area contributed by atoms with Crippen LogP contribution in [0, 0.1) is 5.41 Å². The predicted octanol–water partition coefficient (Wildman–Crippen LogP) is 4.72. The molecule has 2 aliphatic rings. The van der Waals surface area contributed by atoms with Gasteiger partial charge < -0.3 is 29.2 Å². The molecule has 0 unspecified atom stereocenters. The predicted molar refractivity (Wildman–Crippen MR) is 138 cm³/mol. The number of hydrogen-bond acceptors (Lipinski definition) is 6. The molecule has 5 rings (SSSR count). The second kappa shape index (κ2) is 10.7. The molecule has 3 aromatic rings. The first kappa shape index (κ1) is 25.5. The van der Waals surface area contributed by atoms with Crippen molar-refractivity contribution >= 4 is 17.6 Å². The van der Waals surface area contributed by atoms with E-state index in [1.165, 1.54) is 0 Å². The second-order valence-electron chi connectivity index (χ2n) is 9.90. The molecule has 194 valence electrons. The zero-order chi connectivity index (χ0) is 25.9. The summed E-state index contributed by atoms with van der Waals surface area (Å²) in [6.45, 7) is 2.59. The van der Waals surface area contributed by atoms with Gasteiger partial charge in [0.15, 0.2) is 0 Å². The number of carbonyl (C=O) groups is 1. The molecule has 0 aromatic heterocycles. The largest absolute Gasteiger partial charge is 0.493 e. The quantitative estimate of drug-likeness (QED) is 0.375. The van der Waals surface area contributed by atoms with Gasteiger partial charge >= 0.3 is 5.97 Å². The van der Waals surface area contributed by atoms with Gasteiger partial charge in [0, 0.05) is 11.1 Å². The highest BCUT2D eigenvalue weighted by Gasteiger charge is 2.42. The third-order valence-corrected chi connectivity index (χ3v) is 7.49. The Hall–Kier alpha value is -3.10. The molecule has 2 N–H and O–H groups in total. The average molecular weight is 525 g/mol. The topological polar surface area (TPSA) is 94.5 Å². The summed E-state index contributed by atoms with van der Waals surface area (Å²) in [5, 5.41) is 19.4. The van der Waals surface area contributed by atoms with Crippen LogP contribution in [-0.4, -0.2) is 55.8 Å². The number of hydrogen-bond donors (Lipinski definition) is 2. The summed E-state index contributed by atoms with van der Waals surface area (Å²) < 4.78 is 22.4. The Balaban J connectivity index is 1.22. The normalized spacial score (nSPS) is 17.4. The van der Waals surface area contributed by atoms with Gasteiger partial charge in [-0.15, -0.1) is 0 Å². The van der Waals surface area contributed by atoms with Crippen molar-refractivity contribution in [3.05, 3.63) is 82.9 Å². The van der Waals surface area contributed by atoms with Crippen molar-refractivity contribution in [1.82, 2.24) is 0 Å². The first-order valence-corrected chi connectivity index (χ1v) is 12.5. The van der Waals surface area contributed by atoms with Crippen molar-refractivity contribution < 1.29 is 34.0 Å². The summed E-state index contributed by atoms with van der Waals surface area (Å²) in [4.78, 5) is 11.3. The Morgan fingerprint density at radius 1 is 0.892 bits per heavy atom. The smallest absolute Gasteiger partial charge is 0.304 e. The van der Waals surface area contributed by atoms with Crippen LogP contribution < -0.4 is 9.47 Å². The summed E-state index contributed by atoms with van der Waals surface area (Å²) in [5.74, 6) is 0.565. The minimum atomic E-state index is -0.834. The van der Waals surface area contributed by atoms with Gasteiger partial charge in [-0.2, -0.15) is 0 Å². The molecule has 8 heteroatoms. The van der Waals surface area contributed by atoms with E-state index in [1.807, 2.05) is 66.7 Å². The van der Waals surface area contributed by atoms with Gasteiger partial charge in [-0.3, -0.25) is 4.79 Å². The number of carboxylic acid groups (broad SMARTS) is 1. The Kier molecular flexibility index (Phi) is 7.40. The second-order valence-corrected chi connectivity index (χ2v) is 10.3. The summed E-state index contributed by atoms with van der Waals surface area (Å²) in [5.41, 5.74) is 2.88. The van der Waals surface area contributed by atoms with Crippen LogP contribution >= 0.6 is 11.6 Å². The Labute approximate surface area is 220 Å². The van der Waals surface area contributed by atoms with Crippen LogP contribution in [0.5, 0.6) is 11.5 Å². The first-order chi connectivity index (χ1) is 17.9. The first-order valence-electron chi connectivity index (χ1n) is 12.1. The molecule has 2 aliphatic heterocycles. The molecule has 0 radical (unpaired) electrons. The lowest BCUT2D eigenvalue weighted by Gasteiger charge is -2.40. The van der Waals surface area contributed by atoms with Crippen LogP contribution in [0.3, 0.4) is 0 Å². The molecule has 37 heavy (non-hydrogen) atoms. The molecular formula is C29H29ClO7. The van der Waals surface area contributed by atoms with E-state index in [2.05, 4.69) is 0 Å². The molecular weight excluding hydrogens is 496 g/mol. The lowest BCUT2D eigenvalue weighted by molar-refractivity contribution is -0.153. The van der Waals surface area contributed by atoms with E-state index in [4.69, 9.17) is 30.5 Å². The lowest BCUT2D eigenvalue weighted by Crippen LogP contribution is -2.49. The fraction of sp³-hybridized carbons (Fsp3) is 0.345. The molecule has 2 fully saturated rings. The molecule has 3 aromatic carbocycles. The van der Waals surface area contributed by atoms with E-state index in [0.717, 1.165) is 28.0 Å². The Bertz CT molecular complexity index is 1230. The minimum Gasteiger partial charge on any atom is -0.493 e. The zero-order valence-electron chi connectivity index (χ0n) is 20.3. The Morgan fingerprint density at radius 3 is 2.11 bits per heavy atom. The SMILES string of the molecule is O=C(O)CC1(c2ccc(OCc3cccc(-c4ccc(OCC5(CO)COC5)cc4)c3Cl)cc2)COC1. The summed E-state index contributed by atoms with van der Waals surface area (Å²) >= 11 is 6.75. The molecule has 2 heterocycles. The number of aliphatic hydroxyl groups excluding tert-OH is 1. The molecule has 0 amide bonds. The summed E-state index contributed by atoms with van der Waals surface area (Å²) in [7, 11) is 0. The fourth-order valence-electron chi connectivity index (χ4n) is 4.57. The number of rotatable bonds is 11. The van der Waals surface area contributed by atoms with E-state index in [9.17, 15) is 15.0 Å². The van der Waals surface area contributed by atoms with Gasteiger partial charge in [-0.05, 0) is 35.4 Å². The van der Waals surface area contributed by atoms with Crippen LogP contribution in [-0.2, 0) is 26.3 Å². The number of ether oxygens (including phenoxy) is 4. The summed E-state index contributed by atoms with van der Waals surface area (Å²) in [6, 6.07) is 21.1. The van der Waals surface area contributed by atoms with Gasteiger partial charge in [-0.25, -0.2) is 0 Å². The number of carboxylic acids is 1. The van der Waals surface area contributed by atoms with Crippen LogP contribution in [0.2, 0.25) is 5.02 Å². The van der Waals surface area contributed by atoms with Crippen molar-refractivity contribution in [2.75, 3.05) is 39.6 Å². The molecule has 2 saturated heterocycles.